The summed E-state index contributed by atoms with van der Waals surface area (Å²) >= 11 is 1.21. The number of amides is 3. The van der Waals surface area contributed by atoms with Gasteiger partial charge < -0.3 is 15.0 Å². The Morgan fingerprint density at radius 1 is 1.20 bits per heavy atom. The van der Waals surface area contributed by atoms with Gasteiger partial charge in [0.05, 0.1) is 24.6 Å². The highest BCUT2D eigenvalue weighted by atomic mass is 32.1. The molecule has 10 heteroatoms. The highest BCUT2D eigenvalue weighted by Gasteiger charge is 2.28. The molecule has 0 bridgehead atoms. The Labute approximate surface area is 177 Å². The standard InChI is InChI=1S/C20H23FN4O4S/c1-2-29-18(27)13-7-9-25(10-8-13)17(26)11-16-12-30-20(23-16)24-19(28)22-15-5-3-14(21)4-6-15/h3-6,12-13H,2,7-11H2,1H3,(H2,22,23,24,28). The van der Waals surface area contributed by atoms with Crippen LogP contribution in [-0.2, 0) is 20.7 Å². The Balaban J connectivity index is 1.46. The maximum Gasteiger partial charge on any atom is 0.325 e. The van der Waals surface area contributed by atoms with Gasteiger partial charge in [-0.25, -0.2) is 14.2 Å². The zero-order valence-electron chi connectivity index (χ0n) is 16.5. The summed E-state index contributed by atoms with van der Waals surface area (Å²) in [4.78, 5) is 42.3. The van der Waals surface area contributed by atoms with Crippen LogP contribution in [0.4, 0.5) is 20.0 Å². The number of rotatable bonds is 6. The van der Waals surface area contributed by atoms with Gasteiger partial charge in [-0.15, -0.1) is 11.3 Å². The van der Waals surface area contributed by atoms with Gasteiger partial charge in [-0.05, 0) is 44.0 Å². The number of anilines is 2. The molecule has 0 unspecified atom stereocenters. The first-order chi connectivity index (χ1) is 14.4. The van der Waals surface area contributed by atoms with Crippen LogP contribution in [0.15, 0.2) is 29.6 Å². The van der Waals surface area contributed by atoms with Crippen molar-refractivity contribution in [3.05, 3.63) is 41.2 Å². The second kappa shape index (κ2) is 10.1. The van der Waals surface area contributed by atoms with Gasteiger partial charge in [0, 0.05) is 24.2 Å². The summed E-state index contributed by atoms with van der Waals surface area (Å²) < 4.78 is 18.0. The van der Waals surface area contributed by atoms with Crippen molar-refractivity contribution in [3.63, 3.8) is 0 Å². The topological polar surface area (TPSA) is 101 Å². The smallest absolute Gasteiger partial charge is 0.325 e. The fourth-order valence-corrected chi connectivity index (χ4v) is 3.83. The number of halogens is 1. The van der Waals surface area contributed by atoms with Gasteiger partial charge >= 0.3 is 12.0 Å². The molecule has 3 rings (SSSR count). The van der Waals surface area contributed by atoms with Crippen LogP contribution < -0.4 is 10.6 Å². The molecule has 1 aliphatic heterocycles. The first kappa shape index (κ1) is 21.7. The van der Waals surface area contributed by atoms with E-state index in [1.165, 1.54) is 35.6 Å². The minimum Gasteiger partial charge on any atom is -0.466 e. The van der Waals surface area contributed by atoms with Crippen molar-refractivity contribution >= 4 is 40.1 Å². The van der Waals surface area contributed by atoms with Crippen LogP contribution in [-0.4, -0.2) is 47.5 Å². The predicted molar refractivity (Wildman–Crippen MR) is 111 cm³/mol. The number of piperidine rings is 1. The maximum absolute atomic E-state index is 12.9. The summed E-state index contributed by atoms with van der Waals surface area (Å²) in [5.74, 6) is -0.798. The van der Waals surface area contributed by atoms with Crippen molar-refractivity contribution < 1.29 is 23.5 Å². The van der Waals surface area contributed by atoms with Gasteiger partial charge in [-0.3, -0.25) is 14.9 Å². The fourth-order valence-electron chi connectivity index (χ4n) is 3.13. The van der Waals surface area contributed by atoms with Crippen molar-refractivity contribution in [2.24, 2.45) is 5.92 Å². The van der Waals surface area contributed by atoms with Gasteiger partial charge in [0.1, 0.15) is 5.82 Å². The van der Waals surface area contributed by atoms with E-state index in [0.717, 1.165) is 0 Å². The maximum atomic E-state index is 12.9. The summed E-state index contributed by atoms with van der Waals surface area (Å²) in [7, 11) is 0. The molecule has 0 radical (unpaired) electrons. The zero-order valence-corrected chi connectivity index (χ0v) is 17.3. The molecule has 1 saturated heterocycles. The molecule has 8 nitrogen and oxygen atoms in total. The molecule has 1 fully saturated rings. The predicted octanol–water partition coefficient (Wildman–Crippen LogP) is 3.27. The molecule has 0 saturated carbocycles. The lowest BCUT2D eigenvalue weighted by atomic mass is 9.97. The first-order valence-electron chi connectivity index (χ1n) is 9.67. The Kier molecular flexibility index (Phi) is 7.34. The van der Waals surface area contributed by atoms with Crippen molar-refractivity contribution in [3.8, 4) is 0 Å². The van der Waals surface area contributed by atoms with Crippen molar-refractivity contribution in [1.82, 2.24) is 9.88 Å². The Morgan fingerprint density at radius 3 is 2.57 bits per heavy atom. The SMILES string of the molecule is CCOC(=O)C1CCN(C(=O)Cc2csc(NC(=O)Nc3ccc(F)cc3)n2)CC1. The molecular weight excluding hydrogens is 411 g/mol. The van der Waals surface area contributed by atoms with E-state index in [1.807, 2.05) is 0 Å². The highest BCUT2D eigenvalue weighted by molar-refractivity contribution is 7.14. The molecule has 2 N–H and O–H groups in total. The molecule has 3 amide bonds. The molecule has 0 atom stereocenters. The van der Waals surface area contributed by atoms with Crippen LogP contribution in [0.5, 0.6) is 0 Å². The number of urea groups is 1. The van der Waals surface area contributed by atoms with E-state index in [4.69, 9.17) is 4.74 Å². The van der Waals surface area contributed by atoms with Crippen molar-refractivity contribution in [1.29, 1.82) is 0 Å². The quantitative estimate of drug-likeness (QED) is 0.680. The molecule has 2 aromatic rings. The molecular formula is C20H23FN4O4S. The lowest BCUT2D eigenvalue weighted by Crippen LogP contribution is -2.41. The Bertz CT molecular complexity index is 894. The van der Waals surface area contributed by atoms with Crippen LogP contribution in [0.25, 0.3) is 0 Å². The second-order valence-corrected chi connectivity index (χ2v) is 7.67. The van der Waals surface area contributed by atoms with E-state index >= 15 is 0 Å². The zero-order chi connectivity index (χ0) is 21.5. The number of thiazole rings is 1. The minimum atomic E-state index is -0.505. The molecule has 1 aromatic carbocycles. The number of carbonyl (C=O) groups is 3. The van der Waals surface area contributed by atoms with E-state index in [9.17, 15) is 18.8 Å². The largest absolute Gasteiger partial charge is 0.466 e. The van der Waals surface area contributed by atoms with Gasteiger partial charge in [-0.1, -0.05) is 0 Å². The highest BCUT2D eigenvalue weighted by Crippen LogP contribution is 2.21. The van der Waals surface area contributed by atoms with E-state index in [0.29, 0.717) is 49.1 Å². The van der Waals surface area contributed by atoms with Crippen molar-refractivity contribution in [2.75, 3.05) is 30.3 Å². The van der Waals surface area contributed by atoms with Gasteiger partial charge in [0.2, 0.25) is 5.91 Å². The van der Waals surface area contributed by atoms with Crippen LogP contribution in [0.3, 0.4) is 0 Å². The number of carbonyl (C=O) groups excluding carboxylic acids is 3. The molecule has 160 valence electrons. The van der Waals surface area contributed by atoms with Crippen LogP contribution in [0, 0.1) is 11.7 Å². The summed E-state index contributed by atoms with van der Waals surface area (Å²) in [5, 5.41) is 7.25. The number of hydrogen-bond donors (Lipinski definition) is 2. The Morgan fingerprint density at radius 2 is 1.90 bits per heavy atom. The number of hydrogen-bond acceptors (Lipinski definition) is 6. The second-order valence-electron chi connectivity index (χ2n) is 6.81. The molecule has 2 heterocycles. The number of esters is 1. The van der Waals surface area contributed by atoms with E-state index in [2.05, 4.69) is 15.6 Å². The van der Waals surface area contributed by atoms with Crippen molar-refractivity contribution in [2.45, 2.75) is 26.2 Å². The molecule has 30 heavy (non-hydrogen) atoms. The molecule has 0 aliphatic carbocycles. The van der Waals surface area contributed by atoms with Crippen LogP contribution in [0.2, 0.25) is 0 Å². The van der Waals surface area contributed by atoms with Gasteiger partial charge in [-0.2, -0.15) is 0 Å². The Hall–Kier alpha value is -3.01. The average Bonchev–Trinajstić information content (AvgIpc) is 3.16. The number of benzene rings is 1. The number of likely N-dealkylation sites (tertiary alicyclic amines) is 1. The van der Waals surface area contributed by atoms with Gasteiger partial charge in [0.15, 0.2) is 5.13 Å². The van der Waals surface area contributed by atoms with Crippen LogP contribution >= 0.6 is 11.3 Å². The van der Waals surface area contributed by atoms with E-state index in [1.54, 1.807) is 17.2 Å². The number of nitrogens with zero attached hydrogens (tertiary/aromatic N) is 2. The molecule has 1 aromatic heterocycles. The first-order valence-corrected chi connectivity index (χ1v) is 10.5. The number of aromatic nitrogens is 1. The molecule has 0 spiro atoms. The number of nitrogens with one attached hydrogen (secondary N) is 2. The summed E-state index contributed by atoms with van der Waals surface area (Å²) in [5.41, 5.74) is 1.02. The van der Waals surface area contributed by atoms with E-state index < -0.39 is 6.03 Å². The summed E-state index contributed by atoms with van der Waals surface area (Å²) in [6.45, 7) is 3.16. The third-order valence-corrected chi connectivity index (χ3v) is 5.48. The third kappa shape index (κ3) is 5.99. The summed E-state index contributed by atoms with van der Waals surface area (Å²) in [6.07, 6.45) is 1.32. The normalized spacial score (nSPS) is 14.3. The monoisotopic (exact) mass is 434 g/mol. The fraction of sp³-hybridized carbons (Fsp3) is 0.400. The number of ether oxygens (including phenoxy) is 1. The average molecular weight is 434 g/mol. The minimum absolute atomic E-state index is 0.0649. The molecule has 1 aliphatic rings. The van der Waals surface area contributed by atoms with Crippen LogP contribution in [0.1, 0.15) is 25.5 Å². The lowest BCUT2D eigenvalue weighted by molar-refractivity contribution is -0.151. The lowest BCUT2D eigenvalue weighted by Gasteiger charge is -2.30. The van der Waals surface area contributed by atoms with E-state index in [-0.39, 0.29) is 30.0 Å². The van der Waals surface area contributed by atoms with Gasteiger partial charge in [0.25, 0.3) is 0 Å². The third-order valence-electron chi connectivity index (χ3n) is 4.67. The summed E-state index contributed by atoms with van der Waals surface area (Å²) in [6, 6.07) is 4.89.